The standard InChI is InChI=1S/C13H16BrF3O2/c1-3-18-11-6-5-9(7-12(11)19-4-2)10(14)8-13(15,16)17/h5-7,10H,3-4,8H2,1-2H3. The zero-order chi connectivity index (χ0) is 14.5. The summed E-state index contributed by atoms with van der Waals surface area (Å²) in [6, 6.07) is 4.83. The number of hydrogen-bond acceptors (Lipinski definition) is 2. The zero-order valence-electron chi connectivity index (χ0n) is 10.8. The minimum absolute atomic E-state index is 0.426. The molecule has 0 saturated heterocycles. The molecule has 6 heteroatoms. The van der Waals surface area contributed by atoms with Gasteiger partial charge in [0.1, 0.15) is 0 Å². The fourth-order valence-corrected chi connectivity index (χ4v) is 2.24. The molecule has 0 aliphatic rings. The summed E-state index contributed by atoms with van der Waals surface area (Å²) in [5, 5.41) is 0. The van der Waals surface area contributed by atoms with Crippen LogP contribution in [0.1, 0.15) is 30.7 Å². The van der Waals surface area contributed by atoms with Crippen molar-refractivity contribution in [3.63, 3.8) is 0 Å². The number of alkyl halides is 4. The van der Waals surface area contributed by atoms with Crippen molar-refractivity contribution in [3.8, 4) is 11.5 Å². The van der Waals surface area contributed by atoms with Gasteiger partial charge in [-0.25, -0.2) is 0 Å². The van der Waals surface area contributed by atoms with Crippen LogP contribution in [0.2, 0.25) is 0 Å². The monoisotopic (exact) mass is 340 g/mol. The first-order valence-electron chi connectivity index (χ1n) is 5.97. The lowest BCUT2D eigenvalue weighted by Gasteiger charge is -2.16. The molecule has 0 aliphatic heterocycles. The van der Waals surface area contributed by atoms with Crippen LogP contribution >= 0.6 is 15.9 Å². The van der Waals surface area contributed by atoms with Gasteiger partial charge in [0, 0.05) is 4.83 Å². The van der Waals surface area contributed by atoms with Gasteiger partial charge in [-0.05, 0) is 31.5 Å². The predicted molar refractivity (Wildman–Crippen MR) is 71.1 cm³/mol. The molecule has 0 fully saturated rings. The van der Waals surface area contributed by atoms with Gasteiger partial charge in [-0.1, -0.05) is 22.0 Å². The molecule has 0 bridgehead atoms. The van der Waals surface area contributed by atoms with Crippen molar-refractivity contribution in [2.75, 3.05) is 13.2 Å². The van der Waals surface area contributed by atoms with E-state index in [1.807, 2.05) is 13.8 Å². The van der Waals surface area contributed by atoms with Crippen LogP contribution in [-0.2, 0) is 0 Å². The second-order valence-corrected chi connectivity index (χ2v) is 4.96. The largest absolute Gasteiger partial charge is 0.490 e. The molecule has 0 radical (unpaired) electrons. The van der Waals surface area contributed by atoms with Gasteiger partial charge in [-0.2, -0.15) is 13.2 Å². The van der Waals surface area contributed by atoms with Crippen molar-refractivity contribution >= 4 is 15.9 Å². The van der Waals surface area contributed by atoms with Crippen molar-refractivity contribution in [2.45, 2.75) is 31.3 Å². The molecule has 1 aromatic rings. The molecular formula is C13H16BrF3O2. The molecule has 108 valence electrons. The summed E-state index contributed by atoms with van der Waals surface area (Å²) in [7, 11) is 0. The van der Waals surface area contributed by atoms with Crippen molar-refractivity contribution in [3.05, 3.63) is 23.8 Å². The van der Waals surface area contributed by atoms with E-state index in [0.717, 1.165) is 0 Å². The first kappa shape index (κ1) is 16.1. The normalized spacial score (nSPS) is 13.2. The Kier molecular flexibility index (Phi) is 5.97. The van der Waals surface area contributed by atoms with E-state index in [9.17, 15) is 13.2 Å². The fourth-order valence-electron chi connectivity index (χ4n) is 1.58. The highest BCUT2D eigenvalue weighted by molar-refractivity contribution is 9.09. The predicted octanol–water partition coefficient (Wildman–Crippen LogP) is 4.87. The van der Waals surface area contributed by atoms with Crippen LogP contribution in [0, 0.1) is 0 Å². The Morgan fingerprint density at radius 2 is 1.68 bits per heavy atom. The number of hydrogen-bond donors (Lipinski definition) is 0. The Morgan fingerprint density at radius 1 is 1.11 bits per heavy atom. The number of rotatable bonds is 6. The maximum absolute atomic E-state index is 12.4. The lowest BCUT2D eigenvalue weighted by molar-refractivity contribution is -0.134. The van der Waals surface area contributed by atoms with E-state index < -0.39 is 17.4 Å². The second-order valence-electron chi connectivity index (χ2n) is 3.86. The van der Waals surface area contributed by atoms with Crippen LogP contribution in [0.15, 0.2) is 18.2 Å². The molecule has 0 aromatic heterocycles. The second kappa shape index (κ2) is 7.03. The third-order valence-electron chi connectivity index (χ3n) is 2.34. The third-order valence-corrected chi connectivity index (χ3v) is 3.19. The molecule has 0 aliphatic carbocycles. The van der Waals surface area contributed by atoms with E-state index in [0.29, 0.717) is 30.3 Å². The van der Waals surface area contributed by atoms with E-state index in [1.165, 1.54) is 0 Å². The number of benzene rings is 1. The van der Waals surface area contributed by atoms with Gasteiger partial charge in [-0.3, -0.25) is 0 Å². The SMILES string of the molecule is CCOc1ccc(C(Br)CC(F)(F)F)cc1OCC. The van der Waals surface area contributed by atoms with Crippen LogP contribution in [-0.4, -0.2) is 19.4 Å². The lowest BCUT2D eigenvalue weighted by atomic mass is 10.1. The average Bonchev–Trinajstić information content (AvgIpc) is 2.29. The summed E-state index contributed by atoms with van der Waals surface area (Å²) in [5.41, 5.74) is 0.518. The van der Waals surface area contributed by atoms with Gasteiger partial charge in [0.25, 0.3) is 0 Å². The number of ether oxygens (including phenoxy) is 2. The molecule has 2 nitrogen and oxygen atoms in total. The molecule has 0 spiro atoms. The van der Waals surface area contributed by atoms with Crippen LogP contribution < -0.4 is 9.47 Å². The highest BCUT2D eigenvalue weighted by Gasteiger charge is 2.31. The van der Waals surface area contributed by atoms with E-state index in [4.69, 9.17) is 9.47 Å². The maximum atomic E-state index is 12.4. The molecule has 19 heavy (non-hydrogen) atoms. The summed E-state index contributed by atoms with van der Waals surface area (Å²) in [6.45, 7) is 4.54. The Hall–Kier alpha value is -0.910. The molecule has 1 atom stereocenters. The van der Waals surface area contributed by atoms with Crippen LogP contribution in [0.25, 0.3) is 0 Å². The third kappa shape index (κ3) is 5.30. The quantitative estimate of drug-likeness (QED) is 0.687. The molecule has 0 heterocycles. The summed E-state index contributed by atoms with van der Waals surface area (Å²) in [6.07, 6.45) is -5.13. The first-order chi connectivity index (χ1) is 8.87. The molecule has 1 rings (SSSR count). The maximum Gasteiger partial charge on any atom is 0.390 e. The average molecular weight is 341 g/mol. The van der Waals surface area contributed by atoms with E-state index in [1.54, 1.807) is 18.2 Å². The lowest BCUT2D eigenvalue weighted by Crippen LogP contribution is -2.10. The highest BCUT2D eigenvalue weighted by atomic mass is 79.9. The first-order valence-corrected chi connectivity index (χ1v) is 6.89. The van der Waals surface area contributed by atoms with E-state index in [2.05, 4.69) is 15.9 Å². The molecule has 0 saturated carbocycles. The zero-order valence-corrected chi connectivity index (χ0v) is 12.3. The van der Waals surface area contributed by atoms with Crippen LogP contribution in [0.5, 0.6) is 11.5 Å². The van der Waals surface area contributed by atoms with Gasteiger partial charge >= 0.3 is 6.18 Å². The highest BCUT2D eigenvalue weighted by Crippen LogP contribution is 2.39. The van der Waals surface area contributed by atoms with E-state index >= 15 is 0 Å². The Balaban J connectivity index is 2.93. The van der Waals surface area contributed by atoms with Crippen LogP contribution in [0.4, 0.5) is 13.2 Å². The van der Waals surface area contributed by atoms with Gasteiger partial charge < -0.3 is 9.47 Å². The smallest absolute Gasteiger partial charge is 0.390 e. The van der Waals surface area contributed by atoms with Gasteiger partial charge in [0.15, 0.2) is 11.5 Å². The summed E-state index contributed by atoms with van der Waals surface area (Å²) >= 11 is 3.05. The minimum atomic E-state index is -4.21. The topological polar surface area (TPSA) is 18.5 Å². The summed E-state index contributed by atoms with van der Waals surface area (Å²) in [5.74, 6) is 1.01. The molecule has 1 aromatic carbocycles. The van der Waals surface area contributed by atoms with Gasteiger partial charge in [-0.15, -0.1) is 0 Å². The Labute approximate surface area is 119 Å². The van der Waals surface area contributed by atoms with Crippen molar-refractivity contribution in [1.82, 2.24) is 0 Å². The molecule has 1 unspecified atom stereocenters. The van der Waals surface area contributed by atoms with E-state index in [-0.39, 0.29) is 0 Å². The fraction of sp³-hybridized carbons (Fsp3) is 0.538. The van der Waals surface area contributed by atoms with Crippen molar-refractivity contribution < 1.29 is 22.6 Å². The van der Waals surface area contributed by atoms with Crippen molar-refractivity contribution in [2.24, 2.45) is 0 Å². The van der Waals surface area contributed by atoms with Crippen molar-refractivity contribution in [1.29, 1.82) is 0 Å². The molecule has 0 amide bonds. The molecular weight excluding hydrogens is 325 g/mol. The summed E-state index contributed by atoms with van der Waals surface area (Å²) in [4.78, 5) is -0.789. The minimum Gasteiger partial charge on any atom is -0.490 e. The van der Waals surface area contributed by atoms with Gasteiger partial charge in [0.05, 0.1) is 19.6 Å². The Bertz CT molecular complexity index is 407. The van der Waals surface area contributed by atoms with Crippen LogP contribution in [0.3, 0.4) is 0 Å². The Morgan fingerprint density at radius 3 is 2.21 bits per heavy atom. The molecule has 0 N–H and O–H groups in total. The van der Waals surface area contributed by atoms with Gasteiger partial charge in [0.2, 0.25) is 0 Å². The number of halogens is 4. The summed E-state index contributed by atoms with van der Waals surface area (Å²) < 4.78 is 47.8.